The number of hydrogen-bond acceptors (Lipinski definition) is 4. The molecule has 0 aliphatic rings. The van der Waals surface area contributed by atoms with Crippen LogP contribution in [0.25, 0.3) is 0 Å². The summed E-state index contributed by atoms with van der Waals surface area (Å²) in [5, 5.41) is 7.05. The van der Waals surface area contributed by atoms with Gasteiger partial charge in [0.05, 0.1) is 0 Å². The molecule has 0 atom stereocenters. The normalized spacial score (nSPS) is 11.2. The van der Waals surface area contributed by atoms with Crippen LogP contribution < -0.4 is 31.6 Å². The van der Waals surface area contributed by atoms with Crippen LogP contribution in [0.5, 0.6) is 0 Å². The number of para-hydroxylation sites is 1. The quantitative estimate of drug-likeness (QED) is 0.340. The number of benzene rings is 4. The van der Waals surface area contributed by atoms with E-state index in [0.717, 1.165) is 17.0 Å². The fraction of sp³-hybridized carbons (Fsp3) is 0.0690. The van der Waals surface area contributed by atoms with Crippen LogP contribution in [0.15, 0.2) is 126 Å². The van der Waals surface area contributed by atoms with E-state index in [1.54, 1.807) is 0 Å². The second-order valence-electron chi connectivity index (χ2n) is 8.21. The van der Waals surface area contributed by atoms with Crippen LogP contribution in [-0.4, -0.2) is 19.1 Å². The Morgan fingerprint density at radius 1 is 0.618 bits per heavy atom. The van der Waals surface area contributed by atoms with Crippen LogP contribution in [0.3, 0.4) is 0 Å². The molecule has 5 heteroatoms. The monoisotopic (exact) mass is 464 g/mol. The maximum atomic E-state index is 6.38. The van der Waals surface area contributed by atoms with E-state index in [4.69, 9.17) is 9.40 Å². The Bertz CT molecular complexity index is 1240. The maximum Gasteiger partial charge on any atom is 0.304 e. The molecular formula is C29H27N3OP+. The van der Waals surface area contributed by atoms with Gasteiger partial charge in [0, 0.05) is 19.8 Å². The Hall–Kier alpha value is -3.88. The number of nitrogens with one attached hydrogen (secondary N) is 1. The molecule has 0 fully saturated rings. The lowest BCUT2D eigenvalue weighted by Crippen LogP contribution is -2.40. The summed E-state index contributed by atoms with van der Waals surface area (Å²) in [7, 11) is 1.64. The van der Waals surface area contributed by atoms with Crippen molar-refractivity contribution < 1.29 is 4.42 Å². The van der Waals surface area contributed by atoms with Gasteiger partial charge in [-0.1, -0.05) is 72.8 Å². The SMILES string of the molecule is CN(C)c1oc(Nc2ccccc2)nc1[P+](c1ccccc1)(c1ccccc1)c1ccccc1. The van der Waals surface area contributed by atoms with E-state index < -0.39 is 7.26 Å². The molecule has 1 heterocycles. The maximum absolute atomic E-state index is 6.38. The molecule has 0 radical (unpaired) electrons. The molecule has 4 aromatic carbocycles. The molecule has 1 aromatic heterocycles. The van der Waals surface area contributed by atoms with Gasteiger partial charge in [-0.05, 0) is 48.5 Å². The fourth-order valence-corrected chi connectivity index (χ4v) is 8.54. The van der Waals surface area contributed by atoms with Gasteiger partial charge < -0.3 is 14.6 Å². The van der Waals surface area contributed by atoms with Gasteiger partial charge in [-0.2, -0.15) is 4.98 Å². The van der Waals surface area contributed by atoms with Crippen LogP contribution in [0.4, 0.5) is 17.6 Å². The highest BCUT2D eigenvalue weighted by Gasteiger charge is 2.53. The van der Waals surface area contributed by atoms with Crippen LogP contribution in [0, 0.1) is 0 Å². The van der Waals surface area contributed by atoms with E-state index >= 15 is 0 Å². The molecule has 0 amide bonds. The molecule has 0 saturated carbocycles. The first-order valence-electron chi connectivity index (χ1n) is 11.3. The largest absolute Gasteiger partial charge is 0.402 e. The van der Waals surface area contributed by atoms with Crippen LogP contribution in [0.1, 0.15) is 0 Å². The van der Waals surface area contributed by atoms with Crippen molar-refractivity contribution in [2.75, 3.05) is 24.3 Å². The van der Waals surface area contributed by atoms with Gasteiger partial charge in [0.15, 0.2) is 7.26 Å². The first-order valence-corrected chi connectivity index (χ1v) is 13.0. The predicted molar refractivity (Wildman–Crippen MR) is 145 cm³/mol. The van der Waals surface area contributed by atoms with E-state index in [-0.39, 0.29) is 0 Å². The first kappa shape index (κ1) is 21.9. The zero-order valence-electron chi connectivity index (χ0n) is 19.3. The van der Waals surface area contributed by atoms with Gasteiger partial charge >= 0.3 is 6.01 Å². The van der Waals surface area contributed by atoms with Crippen LogP contribution >= 0.6 is 7.26 Å². The summed E-state index contributed by atoms with van der Waals surface area (Å²) in [5.41, 5.74) is 1.88. The second kappa shape index (κ2) is 9.54. The lowest BCUT2D eigenvalue weighted by Gasteiger charge is -2.26. The third-order valence-corrected chi connectivity index (χ3v) is 9.92. The van der Waals surface area contributed by atoms with Crippen LogP contribution in [-0.2, 0) is 0 Å². The van der Waals surface area contributed by atoms with Crippen molar-refractivity contribution in [3.8, 4) is 0 Å². The zero-order valence-corrected chi connectivity index (χ0v) is 20.2. The molecule has 0 spiro atoms. The van der Waals surface area contributed by atoms with E-state index in [9.17, 15) is 0 Å². The lowest BCUT2D eigenvalue weighted by molar-refractivity contribution is 0.576. The molecule has 168 valence electrons. The van der Waals surface area contributed by atoms with Crippen molar-refractivity contribution in [3.05, 3.63) is 121 Å². The zero-order chi connectivity index (χ0) is 23.4. The number of rotatable bonds is 7. The Morgan fingerprint density at radius 2 is 1.03 bits per heavy atom. The predicted octanol–water partition coefficient (Wildman–Crippen LogP) is 5.10. The Labute approximate surface area is 201 Å². The lowest BCUT2D eigenvalue weighted by atomic mass is 10.3. The van der Waals surface area contributed by atoms with Crippen molar-refractivity contribution >= 4 is 46.2 Å². The highest BCUT2D eigenvalue weighted by Crippen LogP contribution is 2.56. The minimum Gasteiger partial charge on any atom is -0.402 e. The van der Waals surface area contributed by atoms with E-state index in [1.807, 2.05) is 49.3 Å². The molecule has 0 saturated heterocycles. The molecule has 4 nitrogen and oxygen atoms in total. The van der Waals surface area contributed by atoms with Crippen molar-refractivity contribution in [1.82, 2.24) is 4.98 Å². The highest BCUT2D eigenvalue weighted by atomic mass is 31.2. The van der Waals surface area contributed by atoms with Crippen molar-refractivity contribution in [2.45, 2.75) is 0 Å². The van der Waals surface area contributed by atoms with Crippen molar-refractivity contribution in [1.29, 1.82) is 0 Å². The summed E-state index contributed by atoms with van der Waals surface area (Å²) in [4.78, 5) is 7.17. The number of anilines is 3. The average molecular weight is 465 g/mol. The minimum absolute atomic E-state index is 0.483. The summed E-state index contributed by atoms with van der Waals surface area (Å²) >= 11 is 0. The van der Waals surface area contributed by atoms with Gasteiger partial charge in [0.1, 0.15) is 15.9 Å². The summed E-state index contributed by atoms with van der Waals surface area (Å²) in [6.45, 7) is 0. The number of aromatic nitrogens is 1. The molecular weight excluding hydrogens is 437 g/mol. The van der Waals surface area contributed by atoms with Gasteiger partial charge in [-0.3, -0.25) is 0 Å². The van der Waals surface area contributed by atoms with Crippen molar-refractivity contribution in [2.24, 2.45) is 0 Å². The first-order chi connectivity index (χ1) is 16.7. The minimum atomic E-state index is -2.37. The fourth-order valence-electron chi connectivity index (χ4n) is 4.28. The molecule has 0 aliphatic heterocycles. The smallest absolute Gasteiger partial charge is 0.304 e. The molecule has 0 aliphatic carbocycles. The Balaban J connectivity index is 1.83. The topological polar surface area (TPSA) is 41.3 Å². The summed E-state index contributed by atoms with van der Waals surface area (Å²) < 4.78 is 6.38. The standard InChI is InChI=1S/C29H27N3OP/c1-32(2)28-27(31-29(33-28)30-23-15-7-3-8-16-23)34(24-17-9-4-10-18-24,25-19-11-5-12-20-25)26-21-13-6-14-22-26/h3-22H,1-2H3,(H,30,31)/q+1. The van der Waals surface area contributed by atoms with Gasteiger partial charge in [-0.25, -0.2) is 0 Å². The molecule has 34 heavy (non-hydrogen) atoms. The molecule has 0 unspecified atom stereocenters. The summed E-state index contributed by atoms with van der Waals surface area (Å²) in [5.74, 6) is 0.753. The van der Waals surface area contributed by atoms with Gasteiger partial charge in [0.2, 0.25) is 0 Å². The van der Waals surface area contributed by atoms with Gasteiger partial charge in [-0.15, -0.1) is 0 Å². The third-order valence-electron chi connectivity index (χ3n) is 5.77. The summed E-state index contributed by atoms with van der Waals surface area (Å²) in [6, 6.07) is 42.6. The highest BCUT2D eigenvalue weighted by molar-refractivity contribution is 8.01. The number of oxazole rings is 1. The van der Waals surface area contributed by atoms with E-state index in [0.29, 0.717) is 6.01 Å². The van der Waals surface area contributed by atoms with Crippen LogP contribution in [0.2, 0.25) is 0 Å². The molecule has 5 rings (SSSR count). The Morgan fingerprint density at radius 3 is 1.44 bits per heavy atom. The van der Waals surface area contributed by atoms with Gasteiger partial charge in [0.25, 0.3) is 11.3 Å². The Kier molecular flexibility index (Phi) is 6.16. The molecule has 0 bridgehead atoms. The van der Waals surface area contributed by atoms with Crippen molar-refractivity contribution in [3.63, 3.8) is 0 Å². The number of hydrogen-bond donors (Lipinski definition) is 1. The number of nitrogens with zero attached hydrogens (tertiary/aromatic N) is 2. The summed E-state index contributed by atoms with van der Waals surface area (Å²) in [6.07, 6.45) is 0. The molecule has 5 aromatic rings. The van der Waals surface area contributed by atoms with E-state index in [2.05, 4.69) is 96.3 Å². The van der Waals surface area contributed by atoms with E-state index in [1.165, 1.54) is 15.9 Å². The second-order valence-corrected chi connectivity index (χ2v) is 11.5. The third kappa shape index (κ3) is 3.98. The average Bonchev–Trinajstić information content (AvgIpc) is 3.31. The molecule has 1 N–H and O–H groups in total.